The summed E-state index contributed by atoms with van der Waals surface area (Å²) < 4.78 is 0. The first kappa shape index (κ1) is 19.3. The van der Waals surface area contributed by atoms with Gasteiger partial charge in [0.2, 0.25) is 5.91 Å². The Morgan fingerprint density at radius 1 is 1.04 bits per heavy atom. The molecular formula is C21H19Cl2N3O. The lowest BCUT2D eigenvalue weighted by Gasteiger charge is -2.23. The molecule has 0 unspecified atom stereocenters. The highest BCUT2D eigenvalue weighted by molar-refractivity contribution is 6.42. The molecule has 27 heavy (non-hydrogen) atoms. The normalized spacial score (nSPS) is 14.9. The molecule has 0 radical (unpaired) electrons. The van der Waals surface area contributed by atoms with E-state index in [4.69, 9.17) is 28.5 Å². The first-order valence-corrected chi connectivity index (χ1v) is 9.50. The summed E-state index contributed by atoms with van der Waals surface area (Å²) in [4.78, 5) is 16.6. The highest BCUT2D eigenvalue weighted by atomic mass is 35.5. The zero-order valence-corrected chi connectivity index (χ0v) is 16.2. The third-order valence-electron chi connectivity index (χ3n) is 4.56. The number of amides is 1. The second-order valence-corrected chi connectivity index (χ2v) is 7.09. The van der Waals surface area contributed by atoms with Crippen LogP contribution in [-0.2, 0) is 4.79 Å². The maximum atomic E-state index is 12.6. The molecule has 138 valence electrons. The van der Waals surface area contributed by atoms with Crippen molar-refractivity contribution >= 4 is 40.9 Å². The van der Waals surface area contributed by atoms with E-state index in [0.29, 0.717) is 28.7 Å². The molecule has 0 saturated carbocycles. The van der Waals surface area contributed by atoms with Crippen LogP contribution in [0.25, 0.3) is 6.08 Å². The van der Waals surface area contributed by atoms with Gasteiger partial charge in [0, 0.05) is 37.9 Å². The Morgan fingerprint density at radius 2 is 1.81 bits per heavy atom. The van der Waals surface area contributed by atoms with Crippen LogP contribution in [0.15, 0.2) is 48.5 Å². The summed E-state index contributed by atoms with van der Waals surface area (Å²) in [7, 11) is 0. The van der Waals surface area contributed by atoms with Crippen LogP contribution in [0.3, 0.4) is 0 Å². The quantitative estimate of drug-likeness (QED) is 0.707. The number of halogens is 2. The first-order valence-electron chi connectivity index (χ1n) is 8.74. The molecule has 0 atom stereocenters. The van der Waals surface area contributed by atoms with Crippen LogP contribution < -0.4 is 4.90 Å². The minimum Gasteiger partial charge on any atom is -0.370 e. The lowest BCUT2D eigenvalue weighted by atomic mass is 10.2. The third kappa shape index (κ3) is 4.82. The number of benzene rings is 2. The standard InChI is InChI=1S/C21H19Cl2N3O/c22-19-4-1-3-17(21(19)23)7-10-20(27)26-12-2-11-25(13-14-26)18-8-5-16(15-24)6-9-18/h1,3-10H,2,11-14H2/b10-7+. The van der Waals surface area contributed by atoms with Crippen LogP contribution in [0.2, 0.25) is 10.0 Å². The second kappa shape index (κ2) is 8.94. The average Bonchev–Trinajstić information content (AvgIpc) is 2.95. The molecule has 0 spiro atoms. The molecule has 4 nitrogen and oxygen atoms in total. The molecule has 0 aliphatic carbocycles. The number of hydrogen-bond acceptors (Lipinski definition) is 3. The minimum atomic E-state index is -0.0345. The largest absolute Gasteiger partial charge is 0.370 e. The molecule has 0 bridgehead atoms. The van der Waals surface area contributed by atoms with Crippen LogP contribution in [0.5, 0.6) is 0 Å². The van der Waals surface area contributed by atoms with Gasteiger partial charge in [0.15, 0.2) is 0 Å². The minimum absolute atomic E-state index is 0.0345. The fourth-order valence-electron chi connectivity index (χ4n) is 3.06. The highest BCUT2D eigenvalue weighted by Crippen LogP contribution is 2.26. The van der Waals surface area contributed by atoms with Gasteiger partial charge in [0.1, 0.15) is 0 Å². The summed E-state index contributed by atoms with van der Waals surface area (Å²) in [6, 6.07) is 15.0. The van der Waals surface area contributed by atoms with Crippen molar-refractivity contribution < 1.29 is 4.79 Å². The SMILES string of the molecule is N#Cc1ccc(N2CCCN(C(=O)/C=C/c3cccc(Cl)c3Cl)CC2)cc1. The number of carbonyl (C=O) groups is 1. The zero-order chi connectivity index (χ0) is 19.2. The molecule has 0 N–H and O–H groups in total. The van der Waals surface area contributed by atoms with Gasteiger partial charge in [-0.2, -0.15) is 5.26 Å². The lowest BCUT2D eigenvalue weighted by Crippen LogP contribution is -2.34. The van der Waals surface area contributed by atoms with Gasteiger partial charge in [-0.1, -0.05) is 35.3 Å². The first-order chi connectivity index (χ1) is 13.1. The van der Waals surface area contributed by atoms with E-state index in [2.05, 4.69) is 11.0 Å². The van der Waals surface area contributed by atoms with Gasteiger partial charge in [-0.3, -0.25) is 4.79 Å². The van der Waals surface area contributed by atoms with Crippen LogP contribution in [0, 0.1) is 11.3 Å². The molecule has 0 aromatic heterocycles. The van der Waals surface area contributed by atoms with Crippen molar-refractivity contribution in [2.45, 2.75) is 6.42 Å². The molecule has 1 heterocycles. The Bertz CT molecular complexity index is 887. The number of carbonyl (C=O) groups excluding carboxylic acids is 1. The van der Waals surface area contributed by atoms with Crippen LogP contribution in [-0.4, -0.2) is 37.0 Å². The molecule has 1 saturated heterocycles. The van der Waals surface area contributed by atoms with Gasteiger partial charge in [0.25, 0.3) is 0 Å². The topological polar surface area (TPSA) is 47.3 Å². The van der Waals surface area contributed by atoms with E-state index in [0.717, 1.165) is 30.8 Å². The van der Waals surface area contributed by atoms with Crippen molar-refractivity contribution in [1.29, 1.82) is 5.26 Å². The van der Waals surface area contributed by atoms with Crippen LogP contribution in [0.4, 0.5) is 5.69 Å². The molecule has 1 fully saturated rings. The Labute approximate surface area is 169 Å². The van der Waals surface area contributed by atoms with Gasteiger partial charge in [-0.25, -0.2) is 0 Å². The van der Waals surface area contributed by atoms with Crippen molar-refractivity contribution in [2.24, 2.45) is 0 Å². The number of nitriles is 1. The van der Waals surface area contributed by atoms with Gasteiger partial charge >= 0.3 is 0 Å². The lowest BCUT2D eigenvalue weighted by molar-refractivity contribution is -0.125. The van der Waals surface area contributed by atoms with E-state index in [1.54, 1.807) is 24.3 Å². The van der Waals surface area contributed by atoms with E-state index in [1.165, 1.54) is 0 Å². The number of anilines is 1. The van der Waals surface area contributed by atoms with Crippen molar-refractivity contribution in [3.8, 4) is 6.07 Å². The van der Waals surface area contributed by atoms with Crippen molar-refractivity contribution in [3.63, 3.8) is 0 Å². The summed E-state index contributed by atoms with van der Waals surface area (Å²) in [5, 5.41) is 9.84. The fourth-order valence-corrected chi connectivity index (χ4v) is 3.43. The van der Waals surface area contributed by atoms with E-state index >= 15 is 0 Å². The Kier molecular flexibility index (Phi) is 6.39. The summed E-state index contributed by atoms with van der Waals surface area (Å²) >= 11 is 12.2. The smallest absolute Gasteiger partial charge is 0.246 e. The summed E-state index contributed by atoms with van der Waals surface area (Å²) in [6.45, 7) is 2.98. The van der Waals surface area contributed by atoms with Crippen LogP contribution in [0.1, 0.15) is 17.5 Å². The molecule has 2 aromatic rings. The Balaban J connectivity index is 1.63. The van der Waals surface area contributed by atoms with Gasteiger partial charge in [-0.05, 0) is 48.4 Å². The van der Waals surface area contributed by atoms with Crippen molar-refractivity contribution in [1.82, 2.24) is 4.90 Å². The highest BCUT2D eigenvalue weighted by Gasteiger charge is 2.18. The Morgan fingerprint density at radius 3 is 2.56 bits per heavy atom. The van der Waals surface area contributed by atoms with Gasteiger partial charge < -0.3 is 9.80 Å². The summed E-state index contributed by atoms with van der Waals surface area (Å²) in [6.07, 6.45) is 4.15. The van der Waals surface area contributed by atoms with Crippen molar-refractivity contribution in [3.05, 3.63) is 69.7 Å². The summed E-state index contributed by atoms with van der Waals surface area (Å²) in [5.41, 5.74) is 2.45. The molecule has 1 amide bonds. The molecule has 3 rings (SSSR count). The predicted octanol–water partition coefficient (Wildman–Crippen LogP) is 4.62. The third-order valence-corrected chi connectivity index (χ3v) is 5.39. The maximum Gasteiger partial charge on any atom is 0.246 e. The molecular weight excluding hydrogens is 381 g/mol. The van der Waals surface area contributed by atoms with E-state index in [-0.39, 0.29) is 5.91 Å². The van der Waals surface area contributed by atoms with Crippen molar-refractivity contribution in [2.75, 3.05) is 31.1 Å². The fraction of sp³-hybridized carbons (Fsp3) is 0.238. The predicted molar refractivity (Wildman–Crippen MR) is 110 cm³/mol. The number of nitrogens with zero attached hydrogens (tertiary/aromatic N) is 3. The maximum absolute atomic E-state index is 12.6. The van der Waals surface area contributed by atoms with E-state index < -0.39 is 0 Å². The number of hydrogen-bond donors (Lipinski definition) is 0. The monoisotopic (exact) mass is 399 g/mol. The average molecular weight is 400 g/mol. The molecule has 1 aliphatic rings. The molecule has 1 aliphatic heterocycles. The second-order valence-electron chi connectivity index (χ2n) is 6.30. The molecule has 6 heteroatoms. The zero-order valence-electron chi connectivity index (χ0n) is 14.7. The van der Waals surface area contributed by atoms with Gasteiger partial charge in [-0.15, -0.1) is 0 Å². The summed E-state index contributed by atoms with van der Waals surface area (Å²) in [5.74, 6) is -0.0345. The van der Waals surface area contributed by atoms with Crippen LogP contribution >= 0.6 is 23.2 Å². The van der Waals surface area contributed by atoms with Gasteiger partial charge in [0.05, 0.1) is 21.7 Å². The van der Waals surface area contributed by atoms with E-state index in [1.807, 2.05) is 35.2 Å². The van der Waals surface area contributed by atoms with E-state index in [9.17, 15) is 4.79 Å². The number of rotatable bonds is 3. The Hall–Kier alpha value is -2.48. The molecule has 2 aromatic carbocycles.